The largest absolute Gasteiger partial charge is 0.489 e. The normalized spacial score (nSPS) is 15.0. The zero-order chi connectivity index (χ0) is 19.8. The topological polar surface area (TPSA) is 80.3 Å². The van der Waals surface area contributed by atoms with Crippen LogP contribution in [0.5, 0.6) is 5.75 Å². The van der Waals surface area contributed by atoms with Gasteiger partial charge >= 0.3 is 0 Å². The number of nitrogens with zero attached hydrogens (tertiary/aromatic N) is 1. The van der Waals surface area contributed by atoms with Crippen LogP contribution in [0, 0.1) is 5.92 Å². The highest BCUT2D eigenvalue weighted by Gasteiger charge is 2.22. The van der Waals surface area contributed by atoms with Crippen molar-refractivity contribution in [1.82, 2.24) is 15.6 Å². The van der Waals surface area contributed by atoms with Crippen molar-refractivity contribution in [3.63, 3.8) is 0 Å². The van der Waals surface area contributed by atoms with Gasteiger partial charge in [-0.25, -0.2) is 0 Å². The van der Waals surface area contributed by atoms with Crippen LogP contribution in [0.15, 0.2) is 48.8 Å². The molecule has 1 aromatic heterocycles. The molecular weight excluding hydrogens is 354 g/mol. The average molecular weight is 381 g/mol. The summed E-state index contributed by atoms with van der Waals surface area (Å²) in [7, 11) is 0. The molecule has 2 aromatic rings. The molecule has 6 heteroatoms. The van der Waals surface area contributed by atoms with Crippen LogP contribution in [-0.4, -0.2) is 23.3 Å². The Hall–Kier alpha value is -2.89. The SMILES string of the molecule is CC(NC(=O)CNC(=O)C1CCCC1)c1ccc(OCc2cccnc2)cc1. The Bertz CT molecular complexity index is 771. The van der Waals surface area contributed by atoms with Gasteiger partial charge in [-0.2, -0.15) is 0 Å². The molecule has 28 heavy (non-hydrogen) atoms. The van der Waals surface area contributed by atoms with Gasteiger partial charge in [0.25, 0.3) is 0 Å². The maximum Gasteiger partial charge on any atom is 0.239 e. The predicted octanol–water partition coefficient (Wildman–Crippen LogP) is 3.14. The van der Waals surface area contributed by atoms with E-state index in [1.54, 1.807) is 12.4 Å². The molecule has 1 aromatic carbocycles. The molecule has 0 spiro atoms. The van der Waals surface area contributed by atoms with E-state index in [9.17, 15) is 9.59 Å². The lowest BCUT2D eigenvalue weighted by Gasteiger charge is -2.16. The lowest BCUT2D eigenvalue weighted by atomic mass is 10.1. The Labute approximate surface area is 165 Å². The first-order valence-electron chi connectivity index (χ1n) is 9.80. The number of pyridine rings is 1. The fourth-order valence-corrected chi connectivity index (χ4v) is 3.38. The first kappa shape index (κ1) is 19.9. The number of carbonyl (C=O) groups is 2. The highest BCUT2D eigenvalue weighted by atomic mass is 16.5. The van der Waals surface area contributed by atoms with E-state index >= 15 is 0 Å². The smallest absolute Gasteiger partial charge is 0.239 e. The van der Waals surface area contributed by atoms with Gasteiger partial charge in [0.1, 0.15) is 12.4 Å². The van der Waals surface area contributed by atoms with Crippen molar-refractivity contribution in [2.45, 2.75) is 45.3 Å². The number of amides is 2. The van der Waals surface area contributed by atoms with Gasteiger partial charge in [0.2, 0.25) is 11.8 Å². The molecule has 0 aliphatic heterocycles. The fourth-order valence-electron chi connectivity index (χ4n) is 3.38. The van der Waals surface area contributed by atoms with Crippen molar-refractivity contribution in [2.24, 2.45) is 5.92 Å². The van der Waals surface area contributed by atoms with E-state index < -0.39 is 0 Å². The summed E-state index contributed by atoms with van der Waals surface area (Å²) in [6, 6.07) is 11.3. The summed E-state index contributed by atoms with van der Waals surface area (Å²) in [5.41, 5.74) is 1.98. The van der Waals surface area contributed by atoms with Crippen LogP contribution < -0.4 is 15.4 Å². The molecule has 6 nitrogen and oxygen atoms in total. The second-order valence-electron chi connectivity index (χ2n) is 7.21. The molecule has 0 bridgehead atoms. The molecule has 1 aliphatic carbocycles. The molecular formula is C22H27N3O3. The minimum Gasteiger partial charge on any atom is -0.489 e. The van der Waals surface area contributed by atoms with Gasteiger partial charge in [-0.3, -0.25) is 14.6 Å². The standard InChI is InChI=1S/C22H27N3O3/c1-16(25-21(26)14-24-22(27)19-6-2-3-7-19)18-8-10-20(11-9-18)28-15-17-5-4-12-23-13-17/h4-5,8-13,16,19H,2-3,6-7,14-15H2,1H3,(H,24,27)(H,25,26). The molecule has 0 saturated heterocycles. The number of nitrogens with one attached hydrogen (secondary N) is 2. The monoisotopic (exact) mass is 381 g/mol. The molecule has 1 unspecified atom stereocenters. The Balaban J connectivity index is 1.42. The lowest BCUT2D eigenvalue weighted by Crippen LogP contribution is -2.39. The Morgan fingerprint density at radius 1 is 1.18 bits per heavy atom. The summed E-state index contributed by atoms with van der Waals surface area (Å²) in [5, 5.41) is 5.66. The first-order valence-corrected chi connectivity index (χ1v) is 9.80. The minimum atomic E-state index is -0.184. The zero-order valence-electron chi connectivity index (χ0n) is 16.2. The van der Waals surface area contributed by atoms with Crippen molar-refractivity contribution in [1.29, 1.82) is 0 Å². The summed E-state index contributed by atoms with van der Waals surface area (Å²) in [6.07, 6.45) is 7.57. The fraction of sp³-hybridized carbons (Fsp3) is 0.409. The van der Waals surface area contributed by atoms with Crippen molar-refractivity contribution in [2.75, 3.05) is 6.54 Å². The van der Waals surface area contributed by atoms with Gasteiger partial charge < -0.3 is 15.4 Å². The second-order valence-corrected chi connectivity index (χ2v) is 7.21. The Kier molecular flexibility index (Phi) is 7.00. The number of carbonyl (C=O) groups excluding carboxylic acids is 2. The number of hydrogen-bond acceptors (Lipinski definition) is 4. The zero-order valence-corrected chi connectivity index (χ0v) is 16.2. The van der Waals surface area contributed by atoms with E-state index in [2.05, 4.69) is 15.6 Å². The molecule has 1 saturated carbocycles. The van der Waals surface area contributed by atoms with Crippen LogP contribution in [0.3, 0.4) is 0 Å². The molecule has 1 atom stereocenters. The van der Waals surface area contributed by atoms with Gasteiger partial charge in [-0.15, -0.1) is 0 Å². The van der Waals surface area contributed by atoms with Crippen molar-refractivity contribution >= 4 is 11.8 Å². The van der Waals surface area contributed by atoms with E-state index in [1.165, 1.54) is 0 Å². The van der Waals surface area contributed by atoms with Crippen molar-refractivity contribution in [3.05, 3.63) is 59.9 Å². The molecule has 148 valence electrons. The average Bonchev–Trinajstić information content (AvgIpc) is 3.26. The summed E-state index contributed by atoms with van der Waals surface area (Å²) in [5.74, 6) is 0.644. The number of rotatable bonds is 8. The van der Waals surface area contributed by atoms with E-state index in [0.717, 1.165) is 42.6 Å². The van der Waals surface area contributed by atoms with Crippen LogP contribution in [0.25, 0.3) is 0 Å². The van der Waals surface area contributed by atoms with E-state index in [-0.39, 0.29) is 30.3 Å². The van der Waals surface area contributed by atoms with Crippen LogP contribution in [0.2, 0.25) is 0 Å². The van der Waals surface area contributed by atoms with Crippen molar-refractivity contribution < 1.29 is 14.3 Å². The quantitative estimate of drug-likeness (QED) is 0.736. The summed E-state index contributed by atoms with van der Waals surface area (Å²) < 4.78 is 5.75. The van der Waals surface area contributed by atoms with Gasteiger partial charge in [0.05, 0.1) is 12.6 Å². The second kappa shape index (κ2) is 9.88. The summed E-state index contributed by atoms with van der Waals surface area (Å²) >= 11 is 0. The summed E-state index contributed by atoms with van der Waals surface area (Å²) in [6.45, 7) is 2.40. The van der Waals surface area contributed by atoms with Crippen LogP contribution in [0.1, 0.15) is 49.8 Å². The number of hydrogen-bond donors (Lipinski definition) is 2. The van der Waals surface area contributed by atoms with Crippen LogP contribution in [0.4, 0.5) is 0 Å². The Morgan fingerprint density at radius 2 is 1.93 bits per heavy atom. The van der Waals surface area contributed by atoms with Crippen LogP contribution >= 0.6 is 0 Å². The molecule has 1 fully saturated rings. The highest BCUT2D eigenvalue weighted by Crippen LogP contribution is 2.24. The van der Waals surface area contributed by atoms with Crippen LogP contribution in [-0.2, 0) is 16.2 Å². The molecule has 3 rings (SSSR count). The molecule has 2 amide bonds. The van der Waals surface area contributed by atoms with Gasteiger partial charge in [0.15, 0.2) is 0 Å². The molecule has 1 heterocycles. The lowest BCUT2D eigenvalue weighted by molar-refractivity contribution is -0.128. The number of aromatic nitrogens is 1. The highest BCUT2D eigenvalue weighted by molar-refractivity contribution is 5.86. The van der Waals surface area contributed by atoms with Gasteiger partial charge in [-0.05, 0) is 43.5 Å². The molecule has 1 aliphatic rings. The van der Waals surface area contributed by atoms with E-state index in [0.29, 0.717) is 6.61 Å². The first-order chi connectivity index (χ1) is 13.6. The van der Waals surface area contributed by atoms with Gasteiger partial charge in [0, 0.05) is 23.9 Å². The molecule has 2 N–H and O–H groups in total. The number of ether oxygens (including phenoxy) is 1. The summed E-state index contributed by atoms with van der Waals surface area (Å²) in [4.78, 5) is 28.2. The third-order valence-corrected chi connectivity index (χ3v) is 5.04. The Morgan fingerprint density at radius 3 is 2.61 bits per heavy atom. The van der Waals surface area contributed by atoms with Gasteiger partial charge in [-0.1, -0.05) is 31.0 Å². The maximum absolute atomic E-state index is 12.1. The number of benzene rings is 1. The minimum absolute atomic E-state index is 0.00424. The third kappa shape index (κ3) is 5.81. The van der Waals surface area contributed by atoms with Crippen molar-refractivity contribution in [3.8, 4) is 5.75 Å². The van der Waals surface area contributed by atoms with E-state index in [4.69, 9.17) is 4.74 Å². The van der Waals surface area contributed by atoms with E-state index in [1.807, 2.05) is 43.3 Å². The predicted molar refractivity (Wildman–Crippen MR) is 107 cm³/mol. The third-order valence-electron chi connectivity index (χ3n) is 5.04. The molecule has 0 radical (unpaired) electrons. The maximum atomic E-state index is 12.1.